The number of rotatable bonds is 5. The van der Waals surface area contributed by atoms with Crippen LogP contribution in [0.15, 0.2) is 64.5 Å². The Kier molecular flexibility index (Phi) is 5.99. The number of benzene rings is 2. The topological polar surface area (TPSA) is 79.8 Å². The summed E-state index contributed by atoms with van der Waals surface area (Å²) in [4.78, 5) is 34.3. The number of fused-ring (bicyclic) bond motifs is 3. The molecule has 5 rings (SSSR count). The van der Waals surface area contributed by atoms with Crippen LogP contribution in [0, 0.1) is 0 Å². The van der Waals surface area contributed by atoms with Gasteiger partial charge in [-0.15, -0.1) is 0 Å². The average Bonchev–Trinajstić information content (AvgIpc) is 2.99. The van der Waals surface area contributed by atoms with E-state index in [2.05, 4.69) is 10.3 Å². The number of nitrogens with one attached hydrogen (secondary N) is 2. The molecular formula is C25H26N4O2S. The molecule has 2 N–H and O–H groups in total. The summed E-state index contributed by atoms with van der Waals surface area (Å²) in [5, 5.41) is 4.61. The van der Waals surface area contributed by atoms with E-state index in [-0.39, 0.29) is 23.3 Å². The Hall–Kier alpha value is -3.06. The number of thioether (sulfide) groups is 1. The fraction of sp³-hybridized carbons (Fsp3) is 0.320. The second-order valence-corrected chi connectivity index (χ2v) is 9.25. The Balaban J connectivity index is 1.49. The first kappa shape index (κ1) is 20.8. The third kappa shape index (κ3) is 4.17. The summed E-state index contributed by atoms with van der Waals surface area (Å²) in [7, 11) is 0. The van der Waals surface area contributed by atoms with Crippen LogP contribution in [-0.2, 0) is 4.79 Å². The molecule has 164 valence electrons. The van der Waals surface area contributed by atoms with Crippen LogP contribution in [0.2, 0.25) is 0 Å². The van der Waals surface area contributed by atoms with Crippen molar-refractivity contribution in [3.63, 3.8) is 0 Å². The average molecular weight is 447 g/mol. The SMILES string of the molecule is O=C(CSc1nc2c([nH]c3ccccc32)c(=O)n1-c1ccccc1)NC1CCCCCC1. The molecule has 7 heteroatoms. The lowest BCUT2D eigenvalue weighted by Crippen LogP contribution is -2.35. The van der Waals surface area contributed by atoms with Crippen molar-refractivity contribution in [1.29, 1.82) is 0 Å². The van der Waals surface area contributed by atoms with Gasteiger partial charge in [-0.25, -0.2) is 4.98 Å². The summed E-state index contributed by atoms with van der Waals surface area (Å²) < 4.78 is 1.60. The quantitative estimate of drug-likeness (QED) is 0.262. The van der Waals surface area contributed by atoms with E-state index in [0.717, 1.165) is 29.4 Å². The van der Waals surface area contributed by atoms with Gasteiger partial charge in [0.2, 0.25) is 5.91 Å². The smallest absolute Gasteiger partial charge is 0.283 e. The minimum Gasteiger partial charge on any atom is -0.353 e. The minimum atomic E-state index is -0.163. The number of hydrogen-bond donors (Lipinski definition) is 2. The number of carbonyl (C=O) groups is 1. The van der Waals surface area contributed by atoms with Gasteiger partial charge in [-0.05, 0) is 31.0 Å². The summed E-state index contributed by atoms with van der Waals surface area (Å²) in [5.41, 5.74) is 2.56. The van der Waals surface area contributed by atoms with Crippen molar-refractivity contribution in [3.05, 3.63) is 65.0 Å². The highest BCUT2D eigenvalue weighted by atomic mass is 32.2. The zero-order chi connectivity index (χ0) is 21.9. The minimum absolute atomic E-state index is 0.00483. The third-order valence-electron chi connectivity index (χ3n) is 6.06. The number of hydrogen-bond acceptors (Lipinski definition) is 4. The second-order valence-electron chi connectivity index (χ2n) is 8.31. The number of H-pyrrole nitrogens is 1. The van der Waals surface area contributed by atoms with Crippen LogP contribution < -0.4 is 10.9 Å². The molecule has 1 amide bonds. The Morgan fingerprint density at radius 1 is 1.03 bits per heavy atom. The Morgan fingerprint density at radius 2 is 1.75 bits per heavy atom. The maximum absolute atomic E-state index is 13.5. The third-order valence-corrected chi connectivity index (χ3v) is 7.00. The van der Waals surface area contributed by atoms with E-state index in [9.17, 15) is 9.59 Å². The molecule has 2 heterocycles. The maximum atomic E-state index is 13.5. The van der Waals surface area contributed by atoms with Crippen LogP contribution in [0.25, 0.3) is 27.6 Å². The summed E-state index contributed by atoms with van der Waals surface area (Å²) in [6.45, 7) is 0. The number of aromatic nitrogens is 3. The molecule has 0 radical (unpaired) electrons. The van der Waals surface area contributed by atoms with Gasteiger partial charge in [0.15, 0.2) is 5.16 Å². The maximum Gasteiger partial charge on any atom is 0.283 e. The van der Waals surface area contributed by atoms with Crippen LogP contribution in [-0.4, -0.2) is 32.2 Å². The van der Waals surface area contributed by atoms with Crippen LogP contribution in [0.5, 0.6) is 0 Å². The fourth-order valence-corrected chi connectivity index (χ4v) is 5.28. The lowest BCUT2D eigenvalue weighted by atomic mass is 10.1. The molecule has 0 unspecified atom stereocenters. The van der Waals surface area contributed by atoms with Crippen molar-refractivity contribution >= 4 is 39.6 Å². The molecule has 1 aliphatic carbocycles. The van der Waals surface area contributed by atoms with Crippen molar-refractivity contribution in [3.8, 4) is 5.69 Å². The molecule has 0 aliphatic heterocycles. The van der Waals surface area contributed by atoms with Gasteiger partial charge in [0, 0.05) is 16.9 Å². The Morgan fingerprint density at radius 3 is 2.53 bits per heavy atom. The zero-order valence-electron chi connectivity index (χ0n) is 17.8. The van der Waals surface area contributed by atoms with Crippen molar-refractivity contribution in [2.24, 2.45) is 0 Å². The van der Waals surface area contributed by atoms with Crippen molar-refractivity contribution < 1.29 is 4.79 Å². The highest BCUT2D eigenvalue weighted by Crippen LogP contribution is 2.26. The zero-order valence-corrected chi connectivity index (χ0v) is 18.7. The van der Waals surface area contributed by atoms with Crippen molar-refractivity contribution in [1.82, 2.24) is 19.9 Å². The van der Waals surface area contributed by atoms with E-state index in [1.807, 2.05) is 54.6 Å². The van der Waals surface area contributed by atoms with Crippen LogP contribution in [0.4, 0.5) is 0 Å². The summed E-state index contributed by atoms with van der Waals surface area (Å²) in [6.07, 6.45) is 6.93. The summed E-state index contributed by atoms with van der Waals surface area (Å²) >= 11 is 1.31. The lowest BCUT2D eigenvalue weighted by molar-refractivity contribution is -0.119. The molecule has 32 heavy (non-hydrogen) atoms. The largest absolute Gasteiger partial charge is 0.353 e. The molecule has 0 bridgehead atoms. The molecule has 2 aromatic heterocycles. The molecular weight excluding hydrogens is 420 g/mol. The number of para-hydroxylation sites is 2. The van der Waals surface area contributed by atoms with Crippen LogP contribution >= 0.6 is 11.8 Å². The van der Waals surface area contributed by atoms with Gasteiger partial charge >= 0.3 is 0 Å². The predicted molar refractivity (Wildman–Crippen MR) is 130 cm³/mol. The molecule has 0 atom stereocenters. The molecule has 0 spiro atoms. The summed E-state index contributed by atoms with van der Waals surface area (Å²) in [5.74, 6) is 0.221. The van der Waals surface area contributed by atoms with E-state index in [1.54, 1.807) is 4.57 Å². The van der Waals surface area contributed by atoms with Crippen molar-refractivity contribution in [2.45, 2.75) is 49.7 Å². The lowest BCUT2D eigenvalue weighted by Gasteiger charge is -2.16. The van der Waals surface area contributed by atoms with Crippen LogP contribution in [0.1, 0.15) is 38.5 Å². The molecule has 1 saturated carbocycles. The highest BCUT2D eigenvalue weighted by molar-refractivity contribution is 7.99. The first-order chi connectivity index (χ1) is 15.7. The van der Waals surface area contributed by atoms with Gasteiger partial charge in [-0.3, -0.25) is 14.2 Å². The number of carbonyl (C=O) groups excluding carboxylic acids is 1. The van der Waals surface area contributed by atoms with E-state index >= 15 is 0 Å². The van der Waals surface area contributed by atoms with Crippen LogP contribution in [0.3, 0.4) is 0 Å². The van der Waals surface area contributed by atoms with E-state index in [4.69, 9.17) is 4.98 Å². The van der Waals surface area contributed by atoms with E-state index < -0.39 is 0 Å². The normalized spacial score (nSPS) is 15.1. The van der Waals surface area contributed by atoms with Gasteiger partial charge in [0.1, 0.15) is 11.0 Å². The number of nitrogens with zero attached hydrogens (tertiary/aromatic N) is 2. The second kappa shape index (κ2) is 9.20. The first-order valence-electron chi connectivity index (χ1n) is 11.2. The Labute approximate surface area is 190 Å². The fourth-order valence-electron chi connectivity index (χ4n) is 4.47. The monoisotopic (exact) mass is 446 g/mol. The van der Waals surface area contributed by atoms with E-state index in [1.165, 1.54) is 37.4 Å². The van der Waals surface area contributed by atoms with Gasteiger partial charge in [0.25, 0.3) is 5.56 Å². The summed E-state index contributed by atoms with van der Waals surface area (Å²) in [6, 6.07) is 17.5. The molecule has 6 nitrogen and oxygen atoms in total. The predicted octanol–water partition coefficient (Wildman–Crippen LogP) is 4.80. The molecule has 1 aliphatic rings. The number of amides is 1. The highest BCUT2D eigenvalue weighted by Gasteiger charge is 2.19. The van der Waals surface area contributed by atoms with Gasteiger partial charge < -0.3 is 10.3 Å². The van der Waals surface area contributed by atoms with Gasteiger partial charge in [0.05, 0.1) is 11.4 Å². The molecule has 0 saturated heterocycles. The first-order valence-corrected chi connectivity index (χ1v) is 12.2. The van der Waals surface area contributed by atoms with E-state index in [0.29, 0.717) is 16.2 Å². The molecule has 1 fully saturated rings. The number of aromatic amines is 1. The van der Waals surface area contributed by atoms with Gasteiger partial charge in [-0.2, -0.15) is 0 Å². The molecule has 2 aromatic carbocycles. The van der Waals surface area contributed by atoms with Gasteiger partial charge in [-0.1, -0.05) is 73.8 Å². The standard InChI is InChI=1S/C25H26N4O2S/c30-21(26-17-10-4-1-2-5-11-17)16-32-25-28-22-19-14-8-9-15-20(19)27-23(22)24(31)29(25)18-12-6-3-7-13-18/h3,6-9,12-15,17,27H,1-2,4-5,10-11,16H2,(H,26,30). The molecule has 4 aromatic rings. The Bertz CT molecular complexity index is 1300. The van der Waals surface area contributed by atoms with Crippen molar-refractivity contribution in [2.75, 3.05) is 5.75 Å².